The zero-order valence-electron chi connectivity index (χ0n) is 14.6. The Morgan fingerprint density at radius 1 is 1.12 bits per heavy atom. The minimum absolute atomic E-state index is 0.187. The zero-order chi connectivity index (χ0) is 17.9. The number of rotatable bonds is 5. The predicted octanol–water partition coefficient (Wildman–Crippen LogP) is 1.58. The third kappa shape index (κ3) is 4.43. The molecule has 1 fully saturated rings. The highest BCUT2D eigenvalue weighted by molar-refractivity contribution is 6.45. The van der Waals surface area contributed by atoms with E-state index in [4.69, 9.17) is 0 Å². The summed E-state index contributed by atoms with van der Waals surface area (Å²) in [5, 5.41) is 2.68. The number of carbonyl (C=O) groups excluding carboxylic acids is 4. The molecule has 1 aliphatic carbocycles. The molecule has 0 bridgehead atoms. The summed E-state index contributed by atoms with van der Waals surface area (Å²) >= 11 is 0. The number of nitrogens with one attached hydrogen (secondary N) is 1. The molecule has 1 heterocycles. The molecule has 2 rings (SSSR count). The lowest BCUT2D eigenvalue weighted by molar-refractivity contribution is -0.144. The molecule has 2 aliphatic rings. The van der Waals surface area contributed by atoms with E-state index in [0.717, 1.165) is 29.1 Å². The summed E-state index contributed by atoms with van der Waals surface area (Å²) in [5.41, 5.74) is 0.748. The van der Waals surface area contributed by atoms with Gasteiger partial charge in [0, 0.05) is 12.1 Å². The predicted molar refractivity (Wildman–Crippen MR) is 87.9 cm³/mol. The Morgan fingerprint density at radius 2 is 1.79 bits per heavy atom. The van der Waals surface area contributed by atoms with E-state index < -0.39 is 35.8 Å². The molecule has 0 unspecified atom stereocenters. The molecular formula is C17H25N3O4. The van der Waals surface area contributed by atoms with Crippen LogP contribution in [0.4, 0.5) is 4.79 Å². The Kier molecular flexibility index (Phi) is 5.41. The molecule has 0 saturated carbocycles. The van der Waals surface area contributed by atoms with Gasteiger partial charge in [-0.2, -0.15) is 0 Å². The van der Waals surface area contributed by atoms with Crippen LogP contribution < -0.4 is 5.32 Å². The second kappa shape index (κ2) is 7.15. The highest BCUT2D eigenvalue weighted by atomic mass is 16.2. The maximum atomic E-state index is 12.3. The van der Waals surface area contributed by atoms with Crippen LogP contribution in [0.25, 0.3) is 0 Å². The fourth-order valence-corrected chi connectivity index (χ4v) is 2.88. The van der Waals surface area contributed by atoms with Gasteiger partial charge in [0.15, 0.2) is 0 Å². The number of allylic oxidation sites excluding steroid dienone is 1. The first kappa shape index (κ1) is 18.2. The van der Waals surface area contributed by atoms with Crippen LogP contribution in [0.15, 0.2) is 11.6 Å². The topological polar surface area (TPSA) is 86.8 Å². The Balaban J connectivity index is 1.96. The first-order chi connectivity index (χ1) is 11.2. The van der Waals surface area contributed by atoms with Crippen LogP contribution in [-0.2, 0) is 14.4 Å². The Hall–Kier alpha value is -2.18. The molecule has 0 atom stereocenters. The molecule has 0 aromatic rings. The molecule has 5 amide bonds. The molecule has 0 aromatic heterocycles. The van der Waals surface area contributed by atoms with Crippen molar-refractivity contribution in [1.29, 1.82) is 0 Å². The van der Waals surface area contributed by atoms with Crippen molar-refractivity contribution >= 4 is 23.8 Å². The van der Waals surface area contributed by atoms with Gasteiger partial charge in [0.2, 0.25) is 5.91 Å². The van der Waals surface area contributed by atoms with Crippen LogP contribution in [-0.4, -0.2) is 52.2 Å². The summed E-state index contributed by atoms with van der Waals surface area (Å²) in [4.78, 5) is 49.9. The molecule has 0 spiro atoms. The number of hydrogen-bond donors (Lipinski definition) is 1. The van der Waals surface area contributed by atoms with Crippen molar-refractivity contribution < 1.29 is 19.2 Å². The third-order valence-electron chi connectivity index (χ3n) is 3.99. The van der Waals surface area contributed by atoms with Crippen molar-refractivity contribution in [1.82, 2.24) is 15.1 Å². The number of hydrogen-bond acceptors (Lipinski definition) is 4. The lowest BCUT2D eigenvalue weighted by Gasteiger charge is -2.22. The van der Waals surface area contributed by atoms with Crippen molar-refractivity contribution in [2.24, 2.45) is 0 Å². The summed E-state index contributed by atoms with van der Waals surface area (Å²) in [6.07, 6.45) is 7.01. The fraction of sp³-hybridized carbons (Fsp3) is 0.647. The summed E-state index contributed by atoms with van der Waals surface area (Å²) in [6.45, 7) is 5.15. The van der Waals surface area contributed by atoms with Crippen LogP contribution in [0.2, 0.25) is 0 Å². The first-order valence-corrected chi connectivity index (χ1v) is 8.35. The van der Waals surface area contributed by atoms with Crippen molar-refractivity contribution in [3.8, 4) is 0 Å². The summed E-state index contributed by atoms with van der Waals surface area (Å²) < 4.78 is 0. The average molecular weight is 335 g/mol. The quantitative estimate of drug-likeness (QED) is 0.469. The van der Waals surface area contributed by atoms with E-state index >= 15 is 0 Å². The number of amides is 5. The SMILES string of the molecule is CC(C)(C)NC(=O)CN1C(=O)C(=O)N(CCC2=CCCCC2)C1=O. The smallest absolute Gasteiger partial charge is 0.334 e. The molecule has 7 nitrogen and oxygen atoms in total. The average Bonchev–Trinajstić information content (AvgIpc) is 2.69. The lowest BCUT2D eigenvalue weighted by atomic mass is 9.97. The fourth-order valence-electron chi connectivity index (χ4n) is 2.88. The van der Waals surface area contributed by atoms with Gasteiger partial charge in [0.1, 0.15) is 6.54 Å². The van der Waals surface area contributed by atoms with Gasteiger partial charge in [-0.3, -0.25) is 19.3 Å². The molecule has 1 aliphatic heterocycles. The highest BCUT2D eigenvalue weighted by Gasteiger charge is 2.45. The maximum absolute atomic E-state index is 12.3. The number of imide groups is 2. The van der Waals surface area contributed by atoms with Gasteiger partial charge in [-0.15, -0.1) is 0 Å². The molecular weight excluding hydrogens is 310 g/mol. The van der Waals surface area contributed by atoms with Gasteiger partial charge in [-0.05, 0) is 52.9 Å². The van der Waals surface area contributed by atoms with E-state index in [1.54, 1.807) is 20.8 Å². The van der Waals surface area contributed by atoms with Crippen LogP contribution in [0.1, 0.15) is 52.9 Å². The number of carbonyl (C=O) groups is 4. The number of urea groups is 1. The molecule has 0 aromatic carbocycles. The van der Waals surface area contributed by atoms with Crippen LogP contribution in [0, 0.1) is 0 Å². The maximum Gasteiger partial charge on any atom is 0.334 e. The van der Waals surface area contributed by atoms with Crippen molar-refractivity contribution in [3.05, 3.63) is 11.6 Å². The molecule has 1 N–H and O–H groups in total. The summed E-state index contributed by atoms with van der Waals surface area (Å²) in [7, 11) is 0. The Labute approximate surface area is 142 Å². The largest absolute Gasteiger partial charge is 0.350 e. The van der Waals surface area contributed by atoms with Gasteiger partial charge < -0.3 is 5.32 Å². The minimum Gasteiger partial charge on any atom is -0.350 e. The van der Waals surface area contributed by atoms with Crippen molar-refractivity contribution in [3.63, 3.8) is 0 Å². The van der Waals surface area contributed by atoms with Crippen LogP contribution in [0.5, 0.6) is 0 Å². The lowest BCUT2D eigenvalue weighted by Crippen LogP contribution is -2.47. The number of nitrogens with zero attached hydrogens (tertiary/aromatic N) is 2. The second-order valence-corrected chi connectivity index (χ2v) is 7.29. The molecule has 24 heavy (non-hydrogen) atoms. The van der Waals surface area contributed by atoms with Crippen molar-refractivity contribution in [2.45, 2.75) is 58.4 Å². The third-order valence-corrected chi connectivity index (χ3v) is 3.99. The van der Waals surface area contributed by atoms with Gasteiger partial charge in [-0.25, -0.2) is 9.69 Å². The molecule has 0 radical (unpaired) electrons. The van der Waals surface area contributed by atoms with Crippen LogP contribution in [0.3, 0.4) is 0 Å². The van der Waals surface area contributed by atoms with E-state index in [0.29, 0.717) is 6.42 Å². The zero-order valence-corrected chi connectivity index (χ0v) is 14.6. The van der Waals surface area contributed by atoms with E-state index in [-0.39, 0.29) is 6.54 Å². The van der Waals surface area contributed by atoms with E-state index in [2.05, 4.69) is 11.4 Å². The molecule has 7 heteroatoms. The van der Waals surface area contributed by atoms with E-state index in [1.807, 2.05) is 0 Å². The van der Waals surface area contributed by atoms with Gasteiger partial charge in [0.05, 0.1) is 0 Å². The van der Waals surface area contributed by atoms with Gasteiger partial charge in [-0.1, -0.05) is 11.6 Å². The van der Waals surface area contributed by atoms with Crippen LogP contribution >= 0.6 is 0 Å². The molecule has 132 valence electrons. The minimum atomic E-state index is -0.929. The normalized spacial score (nSPS) is 19.0. The first-order valence-electron chi connectivity index (χ1n) is 8.35. The highest BCUT2D eigenvalue weighted by Crippen LogP contribution is 2.21. The summed E-state index contributed by atoms with van der Waals surface area (Å²) in [6, 6.07) is -0.703. The van der Waals surface area contributed by atoms with E-state index in [1.165, 1.54) is 12.0 Å². The van der Waals surface area contributed by atoms with Gasteiger partial charge >= 0.3 is 17.8 Å². The standard InChI is InChI=1S/C17H25N3O4/c1-17(2,3)18-13(21)11-20-15(23)14(22)19(16(20)24)10-9-12-7-5-4-6-8-12/h7H,4-6,8-11H2,1-3H3,(H,18,21). The summed E-state index contributed by atoms with van der Waals surface area (Å²) in [5.74, 6) is -2.24. The van der Waals surface area contributed by atoms with Crippen molar-refractivity contribution in [2.75, 3.05) is 13.1 Å². The Morgan fingerprint density at radius 3 is 2.38 bits per heavy atom. The van der Waals surface area contributed by atoms with E-state index in [9.17, 15) is 19.2 Å². The second-order valence-electron chi connectivity index (χ2n) is 7.29. The monoisotopic (exact) mass is 335 g/mol. The molecule has 1 saturated heterocycles. The van der Waals surface area contributed by atoms with Gasteiger partial charge in [0.25, 0.3) is 0 Å². The Bertz CT molecular complexity index is 589.